The third-order valence-electron chi connectivity index (χ3n) is 9.40. The smallest absolute Gasteiger partial charge is 0.408 e. The van der Waals surface area contributed by atoms with E-state index in [1.54, 1.807) is 34.1 Å². The van der Waals surface area contributed by atoms with Crippen molar-refractivity contribution in [1.82, 2.24) is 35.4 Å². The fraction of sp³-hybridized carbons (Fsp3) is 0.526. The van der Waals surface area contributed by atoms with Crippen molar-refractivity contribution in [2.45, 2.75) is 104 Å². The summed E-state index contributed by atoms with van der Waals surface area (Å²) in [6.07, 6.45) is 2.29. The third-order valence-corrected chi connectivity index (χ3v) is 9.40. The molecular weight excluding hydrogens is 666 g/mol. The SMILES string of the molecule is CCn1c(-c2cccnc2[C@H](C)OC)c2c3cc(ccc31)-c1nc(no1)C[C@H](NC(=O)OC(C)(C)C)C(=O)N1CCC[C@H](N1)C(=O)OCC(C)(C)C2. The Labute approximate surface area is 303 Å². The molecule has 6 bridgehead atoms. The molecule has 2 amide bonds. The van der Waals surface area contributed by atoms with E-state index in [1.807, 2.05) is 31.2 Å². The van der Waals surface area contributed by atoms with E-state index in [9.17, 15) is 14.4 Å². The Bertz CT molecular complexity index is 1960. The molecule has 2 aliphatic heterocycles. The second-order valence-electron chi connectivity index (χ2n) is 15.3. The lowest BCUT2D eigenvalue weighted by atomic mass is 9.84. The zero-order valence-corrected chi connectivity index (χ0v) is 31.2. The number of carbonyl (C=O) groups excluding carboxylic acids is 3. The summed E-state index contributed by atoms with van der Waals surface area (Å²) in [6.45, 7) is 14.6. The molecule has 278 valence electrons. The van der Waals surface area contributed by atoms with Gasteiger partial charge in [-0.15, -0.1) is 0 Å². The number of hydrogen-bond acceptors (Lipinski definition) is 11. The molecule has 6 rings (SSSR count). The fourth-order valence-electron chi connectivity index (χ4n) is 6.91. The summed E-state index contributed by atoms with van der Waals surface area (Å²) in [6, 6.07) is 8.16. The number of fused-ring (bicyclic) bond motifs is 6. The van der Waals surface area contributed by atoms with Gasteiger partial charge >= 0.3 is 12.1 Å². The predicted octanol–water partition coefficient (Wildman–Crippen LogP) is 5.54. The quantitative estimate of drug-likeness (QED) is 0.250. The number of pyridine rings is 1. The molecule has 3 aromatic heterocycles. The highest BCUT2D eigenvalue weighted by molar-refractivity contribution is 5.95. The molecule has 3 atom stereocenters. The Balaban J connectivity index is 1.49. The molecule has 14 heteroatoms. The van der Waals surface area contributed by atoms with Gasteiger partial charge in [0.1, 0.15) is 17.7 Å². The first-order valence-electron chi connectivity index (χ1n) is 17.9. The lowest BCUT2D eigenvalue weighted by Crippen LogP contribution is -2.60. The molecule has 1 fully saturated rings. The van der Waals surface area contributed by atoms with Crippen molar-refractivity contribution in [3.05, 3.63) is 53.6 Å². The van der Waals surface area contributed by atoms with Crippen molar-refractivity contribution in [1.29, 1.82) is 0 Å². The summed E-state index contributed by atoms with van der Waals surface area (Å²) in [4.78, 5) is 49.8. The highest BCUT2D eigenvalue weighted by Gasteiger charge is 2.36. The van der Waals surface area contributed by atoms with Crippen LogP contribution in [-0.4, -0.2) is 80.6 Å². The minimum absolute atomic E-state index is 0.0750. The topological polar surface area (TPSA) is 163 Å². The van der Waals surface area contributed by atoms with Crippen LogP contribution in [0.2, 0.25) is 0 Å². The molecule has 0 unspecified atom stereocenters. The molecule has 4 aromatic rings. The number of carbonyl (C=O) groups is 3. The van der Waals surface area contributed by atoms with Gasteiger partial charge in [0.25, 0.3) is 11.8 Å². The Kier molecular flexibility index (Phi) is 10.4. The average molecular weight is 716 g/mol. The van der Waals surface area contributed by atoms with Gasteiger partial charge in [0.05, 0.1) is 24.1 Å². The van der Waals surface area contributed by atoms with E-state index in [4.69, 9.17) is 23.7 Å². The Hall–Kier alpha value is -4.82. The van der Waals surface area contributed by atoms with E-state index in [0.29, 0.717) is 37.9 Å². The Morgan fingerprint density at radius 1 is 1.21 bits per heavy atom. The number of hydrazine groups is 1. The molecule has 2 aliphatic rings. The number of aromatic nitrogens is 4. The van der Waals surface area contributed by atoms with Crippen molar-refractivity contribution in [3.8, 4) is 22.7 Å². The number of rotatable bonds is 5. The standard InChI is InChI=1S/C38H49N7O7/c1-9-44-29-15-14-23-18-25(29)26(32(44)24-12-10-16-39-31(24)22(2)49-8)20-38(6,7)21-50-35(47)27-13-11-17-45(42-27)34(46)28(19-30-41-33(23)52-43-30)40-36(48)51-37(3,4)5/h10,12,14-16,18,22,27-28,42H,9,11,13,17,19-21H2,1-8H3,(H,40,48)/t22-,27-,28-/m0/s1. The van der Waals surface area contributed by atoms with Gasteiger partial charge < -0.3 is 28.6 Å². The maximum absolute atomic E-state index is 13.9. The van der Waals surface area contributed by atoms with E-state index in [-0.39, 0.29) is 30.8 Å². The van der Waals surface area contributed by atoms with Crippen LogP contribution in [0.5, 0.6) is 0 Å². The van der Waals surface area contributed by atoms with E-state index in [1.165, 1.54) is 5.01 Å². The summed E-state index contributed by atoms with van der Waals surface area (Å²) in [5.74, 6) is -0.417. The molecule has 5 heterocycles. The van der Waals surface area contributed by atoms with E-state index in [2.05, 4.69) is 52.3 Å². The first-order chi connectivity index (χ1) is 24.7. The molecule has 0 radical (unpaired) electrons. The summed E-state index contributed by atoms with van der Waals surface area (Å²) in [7, 11) is 1.67. The van der Waals surface area contributed by atoms with Crippen LogP contribution in [0, 0.1) is 5.41 Å². The highest BCUT2D eigenvalue weighted by atomic mass is 16.6. The first-order valence-corrected chi connectivity index (χ1v) is 17.9. The van der Waals surface area contributed by atoms with Crippen molar-refractivity contribution >= 4 is 28.9 Å². The highest BCUT2D eigenvalue weighted by Crippen LogP contribution is 2.41. The number of nitrogens with one attached hydrogen (secondary N) is 2. The second kappa shape index (κ2) is 14.7. The van der Waals surface area contributed by atoms with Gasteiger partial charge in [0, 0.05) is 60.3 Å². The van der Waals surface area contributed by atoms with Gasteiger partial charge in [-0.1, -0.05) is 19.0 Å². The molecule has 1 saturated heterocycles. The number of aryl methyl sites for hydroxylation is 1. The second-order valence-corrected chi connectivity index (χ2v) is 15.3. The van der Waals surface area contributed by atoms with Crippen LogP contribution in [0.15, 0.2) is 41.1 Å². The van der Waals surface area contributed by atoms with Gasteiger partial charge in [-0.2, -0.15) is 4.98 Å². The van der Waals surface area contributed by atoms with Crippen molar-refractivity contribution < 1.29 is 33.1 Å². The largest absolute Gasteiger partial charge is 0.464 e. The van der Waals surface area contributed by atoms with E-state index < -0.39 is 41.1 Å². The van der Waals surface area contributed by atoms with Crippen LogP contribution < -0.4 is 10.7 Å². The molecule has 52 heavy (non-hydrogen) atoms. The van der Waals surface area contributed by atoms with Crippen LogP contribution in [0.25, 0.3) is 33.6 Å². The molecular formula is C38H49N7O7. The van der Waals surface area contributed by atoms with Gasteiger partial charge in [0.2, 0.25) is 0 Å². The maximum Gasteiger partial charge on any atom is 0.408 e. The lowest BCUT2D eigenvalue weighted by Gasteiger charge is -2.35. The molecule has 0 aliphatic carbocycles. The minimum atomic E-state index is -1.11. The predicted molar refractivity (Wildman–Crippen MR) is 193 cm³/mol. The van der Waals surface area contributed by atoms with Crippen LogP contribution in [-0.2, 0) is 43.2 Å². The molecule has 0 spiro atoms. The zero-order valence-electron chi connectivity index (χ0n) is 31.2. The van der Waals surface area contributed by atoms with Gasteiger partial charge in [-0.3, -0.25) is 19.6 Å². The number of hydrogen-bond donors (Lipinski definition) is 2. The Morgan fingerprint density at radius 3 is 2.73 bits per heavy atom. The maximum atomic E-state index is 13.9. The molecule has 0 saturated carbocycles. The van der Waals surface area contributed by atoms with Crippen molar-refractivity contribution in [2.24, 2.45) is 5.41 Å². The molecule has 14 nitrogen and oxygen atoms in total. The van der Waals surface area contributed by atoms with Crippen LogP contribution in [0.1, 0.15) is 84.5 Å². The number of methoxy groups -OCH3 is 1. The number of cyclic esters (lactones) is 1. The van der Waals surface area contributed by atoms with Gasteiger partial charge in [0.15, 0.2) is 5.82 Å². The fourth-order valence-corrected chi connectivity index (χ4v) is 6.91. The number of nitrogens with zero attached hydrogens (tertiary/aromatic N) is 5. The van der Waals surface area contributed by atoms with Gasteiger partial charge in [-0.05, 0) is 89.8 Å². The molecule has 1 aromatic carbocycles. The lowest BCUT2D eigenvalue weighted by molar-refractivity contribution is -0.155. The van der Waals surface area contributed by atoms with Crippen LogP contribution >= 0.6 is 0 Å². The number of amides is 2. The van der Waals surface area contributed by atoms with Crippen LogP contribution in [0.4, 0.5) is 4.79 Å². The first kappa shape index (κ1) is 37.0. The summed E-state index contributed by atoms with van der Waals surface area (Å²) in [5, 5.41) is 9.25. The van der Waals surface area contributed by atoms with Crippen LogP contribution in [0.3, 0.4) is 0 Å². The molecule has 2 N–H and O–H groups in total. The summed E-state index contributed by atoms with van der Waals surface area (Å²) in [5.41, 5.74) is 7.32. The third kappa shape index (κ3) is 7.82. The number of ether oxygens (including phenoxy) is 3. The van der Waals surface area contributed by atoms with Crippen molar-refractivity contribution in [3.63, 3.8) is 0 Å². The number of benzene rings is 1. The van der Waals surface area contributed by atoms with Crippen molar-refractivity contribution in [2.75, 3.05) is 20.3 Å². The van der Waals surface area contributed by atoms with Gasteiger partial charge in [-0.25, -0.2) is 10.2 Å². The summed E-state index contributed by atoms with van der Waals surface area (Å²) >= 11 is 0. The summed E-state index contributed by atoms with van der Waals surface area (Å²) < 4.78 is 25.3. The van der Waals surface area contributed by atoms with E-state index >= 15 is 0 Å². The number of alkyl carbamates (subject to hydrolysis) is 1. The zero-order chi connectivity index (χ0) is 37.4. The van der Waals surface area contributed by atoms with E-state index in [0.717, 1.165) is 33.4 Å². The Morgan fingerprint density at radius 2 is 2.00 bits per heavy atom. The minimum Gasteiger partial charge on any atom is -0.464 e. The average Bonchev–Trinajstić information content (AvgIpc) is 3.70. The number of esters is 1. The normalized spacial score (nSPS) is 20.3. The monoisotopic (exact) mass is 715 g/mol.